The summed E-state index contributed by atoms with van der Waals surface area (Å²) in [6.45, 7) is 13.5. The van der Waals surface area contributed by atoms with Gasteiger partial charge >= 0.3 is 0 Å². The molecule has 0 N–H and O–H groups in total. The van der Waals surface area contributed by atoms with E-state index in [0.717, 1.165) is 44.6 Å². The maximum absolute atomic E-state index is 5.46. The van der Waals surface area contributed by atoms with Crippen molar-refractivity contribution in [1.29, 1.82) is 0 Å². The van der Waals surface area contributed by atoms with Gasteiger partial charge in [0.1, 0.15) is 0 Å². The number of hydrogen-bond donors (Lipinski definition) is 0. The second kappa shape index (κ2) is 19.6. The van der Waals surface area contributed by atoms with Crippen LogP contribution in [0.25, 0.3) is 66.9 Å². The molecule has 0 aliphatic carbocycles. The maximum Gasteiger partial charge on any atom is 0.238 e. The van der Waals surface area contributed by atoms with Gasteiger partial charge in [-0.15, -0.1) is 0 Å². The summed E-state index contributed by atoms with van der Waals surface area (Å²) < 4.78 is 0. The van der Waals surface area contributed by atoms with Crippen LogP contribution < -0.4 is 4.90 Å². The molecule has 4 nitrogen and oxygen atoms in total. The van der Waals surface area contributed by atoms with Gasteiger partial charge in [-0.05, 0) is 137 Å². The van der Waals surface area contributed by atoms with E-state index in [1.54, 1.807) is 0 Å². The third-order valence-corrected chi connectivity index (χ3v) is 14.1. The van der Waals surface area contributed by atoms with Crippen molar-refractivity contribution in [2.24, 2.45) is 0 Å². The Morgan fingerprint density at radius 2 is 0.722 bits per heavy atom. The minimum absolute atomic E-state index is 0.0140. The van der Waals surface area contributed by atoms with Gasteiger partial charge in [-0.25, -0.2) is 4.98 Å². The Hall–Kier alpha value is -8.73. The summed E-state index contributed by atoms with van der Waals surface area (Å²) in [5, 5.41) is 2.27. The van der Waals surface area contributed by atoms with Crippen LogP contribution >= 0.6 is 0 Å². The first-order valence-corrected chi connectivity index (χ1v) is 24.9. The van der Waals surface area contributed by atoms with E-state index in [9.17, 15) is 0 Å². The molecule has 0 saturated carbocycles. The SMILES string of the molecule is Cc1cc(C)c(C(c2c(C)cc(C)cc2C)c2ccc(N(c3ccc(-c4ccccc4)cc3)c3nc(-c4ccccc4)nc(-c4ccc(-c5ccccc5-c5ccccc5)cc4)n3)c3ccccc23)c(C)c1. The van der Waals surface area contributed by atoms with Crippen molar-refractivity contribution >= 4 is 28.1 Å². The predicted octanol–water partition coefficient (Wildman–Crippen LogP) is 17.9. The van der Waals surface area contributed by atoms with Gasteiger partial charge in [0.2, 0.25) is 5.95 Å². The molecular formula is C68H56N4. The van der Waals surface area contributed by atoms with Crippen molar-refractivity contribution < 1.29 is 0 Å². The molecule has 4 heteroatoms. The summed E-state index contributed by atoms with van der Waals surface area (Å²) in [7, 11) is 0. The summed E-state index contributed by atoms with van der Waals surface area (Å²) in [6.07, 6.45) is 0. The highest BCUT2D eigenvalue weighted by Crippen LogP contribution is 2.46. The lowest BCUT2D eigenvalue weighted by Crippen LogP contribution is -2.17. The van der Waals surface area contributed by atoms with Gasteiger partial charge in [-0.2, -0.15) is 9.97 Å². The van der Waals surface area contributed by atoms with Crippen LogP contribution in [0.5, 0.6) is 0 Å². The summed E-state index contributed by atoms with van der Waals surface area (Å²) >= 11 is 0. The van der Waals surface area contributed by atoms with E-state index in [0.29, 0.717) is 17.6 Å². The van der Waals surface area contributed by atoms with Crippen molar-refractivity contribution in [3.63, 3.8) is 0 Å². The highest BCUT2D eigenvalue weighted by Gasteiger charge is 2.29. The van der Waals surface area contributed by atoms with Crippen molar-refractivity contribution in [1.82, 2.24) is 15.0 Å². The zero-order valence-electron chi connectivity index (χ0n) is 41.7. The Kier molecular flexibility index (Phi) is 12.4. The van der Waals surface area contributed by atoms with Crippen LogP contribution in [0.3, 0.4) is 0 Å². The van der Waals surface area contributed by atoms with E-state index in [2.05, 4.69) is 253 Å². The normalized spacial score (nSPS) is 11.3. The van der Waals surface area contributed by atoms with E-state index in [-0.39, 0.29) is 5.92 Å². The van der Waals surface area contributed by atoms with Crippen LogP contribution in [0.1, 0.15) is 56.0 Å². The maximum atomic E-state index is 5.46. The minimum Gasteiger partial charge on any atom is -0.278 e. The molecule has 0 aliphatic rings. The number of aromatic nitrogens is 3. The van der Waals surface area contributed by atoms with Crippen molar-refractivity contribution in [3.05, 3.63) is 275 Å². The molecule has 0 atom stereocenters. The van der Waals surface area contributed by atoms with Gasteiger partial charge in [0.05, 0.1) is 5.69 Å². The van der Waals surface area contributed by atoms with Crippen LogP contribution in [0.4, 0.5) is 17.3 Å². The average molecular weight is 929 g/mol. The smallest absolute Gasteiger partial charge is 0.238 e. The van der Waals surface area contributed by atoms with Gasteiger partial charge in [-0.1, -0.05) is 217 Å². The molecule has 11 rings (SSSR count). The highest BCUT2D eigenvalue weighted by atomic mass is 15.3. The number of aryl methyl sites for hydroxylation is 6. The summed E-state index contributed by atoms with van der Waals surface area (Å²) in [5.41, 5.74) is 22.3. The lowest BCUT2D eigenvalue weighted by atomic mass is 9.75. The number of fused-ring (bicyclic) bond motifs is 1. The molecule has 0 radical (unpaired) electrons. The lowest BCUT2D eigenvalue weighted by Gasteiger charge is -2.30. The number of benzene rings is 10. The van der Waals surface area contributed by atoms with Crippen LogP contribution in [-0.2, 0) is 0 Å². The van der Waals surface area contributed by atoms with Gasteiger partial charge in [0.15, 0.2) is 11.6 Å². The first-order valence-electron chi connectivity index (χ1n) is 24.9. The van der Waals surface area contributed by atoms with Crippen LogP contribution in [0.2, 0.25) is 0 Å². The first kappa shape index (κ1) is 45.7. The molecule has 0 bridgehead atoms. The predicted molar refractivity (Wildman–Crippen MR) is 301 cm³/mol. The zero-order valence-corrected chi connectivity index (χ0v) is 41.7. The van der Waals surface area contributed by atoms with Gasteiger partial charge < -0.3 is 0 Å². The van der Waals surface area contributed by atoms with Crippen LogP contribution in [0.15, 0.2) is 224 Å². The number of rotatable bonds is 11. The Labute approximate surface area is 424 Å². The standard InChI is InChI=1S/C68H56N4/c1-44-40-46(3)63(47(4)41-44)65(64-48(5)42-45(2)43-49(64)6)61-38-39-62(60-29-19-18-28-59(60)61)72(56-36-34-51(35-37-56)50-20-10-7-11-21-50)68-70-66(54-24-14-9-15-25-54)69-67(71-68)55-32-30-53(31-33-55)58-27-17-16-26-57(58)52-22-12-8-13-23-52/h7-43,65H,1-6H3. The zero-order chi connectivity index (χ0) is 49.3. The van der Waals surface area contributed by atoms with Gasteiger partial charge in [-0.3, -0.25) is 4.90 Å². The molecule has 1 aromatic heterocycles. The summed E-state index contributed by atoms with van der Waals surface area (Å²) in [6, 6.07) is 80.2. The molecule has 348 valence electrons. The molecule has 10 aromatic carbocycles. The average Bonchev–Trinajstić information content (AvgIpc) is 3.41. The molecule has 0 saturated heterocycles. The minimum atomic E-state index is -0.0140. The van der Waals surface area contributed by atoms with Crippen molar-refractivity contribution in [3.8, 4) is 56.2 Å². The Morgan fingerprint density at radius 1 is 0.333 bits per heavy atom. The molecule has 0 aliphatic heterocycles. The second-order valence-corrected chi connectivity index (χ2v) is 19.2. The molecule has 0 unspecified atom stereocenters. The number of hydrogen-bond acceptors (Lipinski definition) is 4. The third-order valence-electron chi connectivity index (χ3n) is 14.1. The Bertz CT molecular complexity index is 3630. The Balaban J connectivity index is 1.12. The third kappa shape index (κ3) is 8.88. The lowest BCUT2D eigenvalue weighted by molar-refractivity contribution is 0.927. The van der Waals surface area contributed by atoms with E-state index >= 15 is 0 Å². The van der Waals surface area contributed by atoms with Gasteiger partial charge in [0.25, 0.3) is 0 Å². The number of nitrogens with zero attached hydrogens (tertiary/aromatic N) is 4. The molecule has 0 fully saturated rings. The van der Waals surface area contributed by atoms with E-state index < -0.39 is 0 Å². The van der Waals surface area contributed by atoms with E-state index in [4.69, 9.17) is 15.0 Å². The van der Waals surface area contributed by atoms with Crippen LogP contribution in [-0.4, -0.2) is 15.0 Å². The molecule has 1 heterocycles. The van der Waals surface area contributed by atoms with Crippen molar-refractivity contribution in [2.45, 2.75) is 47.5 Å². The Morgan fingerprint density at radius 3 is 1.25 bits per heavy atom. The highest BCUT2D eigenvalue weighted by molar-refractivity contribution is 6.01. The molecular weight excluding hydrogens is 873 g/mol. The van der Waals surface area contributed by atoms with E-state index in [1.165, 1.54) is 72.1 Å². The number of anilines is 3. The molecule has 0 spiro atoms. The summed E-state index contributed by atoms with van der Waals surface area (Å²) in [4.78, 5) is 18.3. The first-order chi connectivity index (χ1) is 35.2. The quantitative estimate of drug-likeness (QED) is 0.121. The summed E-state index contributed by atoms with van der Waals surface area (Å²) in [5.74, 6) is 1.69. The fourth-order valence-electron chi connectivity index (χ4n) is 11.0. The largest absolute Gasteiger partial charge is 0.278 e. The molecule has 0 amide bonds. The van der Waals surface area contributed by atoms with Crippen LogP contribution in [0, 0.1) is 41.5 Å². The second-order valence-electron chi connectivity index (χ2n) is 19.2. The fraction of sp³-hybridized carbons (Fsp3) is 0.103. The fourth-order valence-corrected chi connectivity index (χ4v) is 11.0. The van der Waals surface area contributed by atoms with Crippen molar-refractivity contribution in [2.75, 3.05) is 4.90 Å². The monoisotopic (exact) mass is 928 g/mol. The topological polar surface area (TPSA) is 41.9 Å². The van der Waals surface area contributed by atoms with E-state index in [1.807, 2.05) is 18.2 Å². The molecule has 11 aromatic rings. The van der Waals surface area contributed by atoms with Gasteiger partial charge in [0, 0.05) is 28.1 Å². The molecule has 72 heavy (non-hydrogen) atoms.